The molecule has 0 aromatic carbocycles. The average Bonchev–Trinajstić information content (AvgIpc) is 2.48. The highest BCUT2D eigenvalue weighted by Crippen LogP contribution is 2.28. The topological polar surface area (TPSA) is 40.5 Å². The van der Waals surface area contributed by atoms with Gasteiger partial charge in [-0.2, -0.15) is 0 Å². The first-order chi connectivity index (χ1) is 6.04. The van der Waals surface area contributed by atoms with Crippen molar-refractivity contribution in [1.82, 2.24) is 0 Å². The summed E-state index contributed by atoms with van der Waals surface area (Å²) in [7, 11) is 0. The Bertz CT molecular complexity index is 268. The molecule has 0 spiro atoms. The summed E-state index contributed by atoms with van der Waals surface area (Å²) in [5.74, 6) is 0.0801. The Hall–Kier alpha value is -0.380. The molecule has 0 fully saturated rings. The van der Waals surface area contributed by atoms with Gasteiger partial charge in [0.2, 0.25) is 0 Å². The molecule has 1 aromatic rings. The van der Waals surface area contributed by atoms with Crippen molar-refractivity contribution in [1.29, 1.82) is 0 Å². The number of hydrogen-bond acceptors (Lipinski definition) is 3. The average molecular weight is 200 g/mol. The van der Waals surface area contributed by atoms with Crippen LogP contribution in [0.3, 0.4) is 0 Å². The van der Waals surface area contributed by atoms with Crippen LogP contribution < -0.4 is 0 Å². The monoisotopic (exact) mass is 200 g/mol. The van der Waals surface area contributed by atoms with Crippen molar-refractivity contribution in [3.05, 3.63) is 21.9 Å². The third-order valence-corrected chi connectivity index (χ3v) is 3.27. The van der Waals surface area contributed by atoms with Gasteiger partial charge in [-0.1, -0.05) is 13.8 Å². The smallest absolute Gasteiger partial charge is 0.114 e. The van der Waals surface area contributed by atoms with Crippen LogP contribution >= 0.6 is 11.3 Å². The molecule has 0 aliphatic heterocycles. The quantitative estimate of drug-likeness (QED) is 0.784. The molecule has 2 N–H and O–H groups in total. The normalized spacial score (nSPS) is 16.2. The van der Waals surface area contributed by atoms with E-state index in [1.54, 1.807) is 0 Å². The molecule has 74 valence electrons. The van der Waals surface area contributed by atoms with Gasteiger partial charge < -0.3 is 10.2 Å². The van der Waals surface area contributed by atoms with Gasteiger partial charge in [-0.05, 0) is 29.9 Å². The Morgan fingerprint density at radius 2 is 1.92 bits per heavy atom. The van der Waals surface area contributed by atoms with E-state index in [0.717, 1.165) is 10.4 Å². The lowest BCUT2D eigenvalue weighted by Gasteiger charge is -2.20. The first kappa shape index (κ1) is 10.7. The maximum atomic E-state index is 9.79. The number of aryl methyl sites for hydroxylation is 1. The summed E-state index contributed by atoms with van der Waals surface area (Å²) < 4.78 is 0. The molecule has 1 heterocycles. The van der Waals surface area contributed by atoms with Crippen LogP contribution in [0.1, 0.15) is 30.4 Å². The minimum atomic E-state index is -0.736. The van der Waals surface area contributed by atoms with Crippen molar-refractivity contribution < 1.29 is 10.2 Å². The molecule has 0 bridgehead atoms. The minimum absolute atomic E-state index is 0.0801. The maximum Gasteiger partial charge on any atom is 0.114 e. The van der Waals surface area contributed by atoms with Crippen molar-refractivity contribution in [2.45, 2.75) is 33.0 Å². The molecular formula is C10H16O2S. The predicted molar refractivity (Wildman–Crippen MR) is 54.9 cm³/mol. The second kappa shape index (κ2) is 4.22. The van der Waals surface area contributed by atoms with Crippen molar-refractivity contribution >= 4 is 11.3 Å². The molecule has 0 radical (unpaired) electrons. The third-order valence-electron chi connectivity index (χ3n) is 2.18. The van der Waals surface area contributed by atoms with E-state index in [-0.39, 0.29) is 5.92 Å². The molecule has 0 aliphatic rings. The standard InChI is InChI=1S/C10H16O2S/c1-6(2)8(11)9(12)10-7(3)4-5-13-10/h4-6,8-9,11-12H,1-3H3. The van der Waals surface area contributed by atoms with Gasteiger partial charge in [-0.25, -0.2) is 0 Å². The number of aliphatic hydroxyl groups is 2. The van der Waals surface area contributed by atoms with Crippen molar-refractivity contribution in [3.8, 4) is 0 Å². The van der Waals surface area contributed by atoms with Gasteiger partial charge in [0.15, 0.2) is 0 Å². The summed E-state index contributed by atoms with van der Waals surface area (Å²) in [4.78, 5) is 0.876. The SMILES string of the molecule is Cc1ccsc1C(O)C(O)C(C)C. The Kier molecular flexibility index (Phi) is 3.47. The van der Waals surface area contributed by atoms with Gasteiger partial charge in [0.25, 0.3) is 0 Å². The molecule has 0 saturated heterocycles. The Balaban J connectivity index is 2.79. The zero-order chi connectivity index (χ0) is 10.0. The molecular weight excluding hydrogens is 184 g/mol. The molecule has 3 heteroatoms. The Morgan fingerprint density at radius 1 is 1.31 bits per heavy atom. The van der Waals surface area contributed by atoms with Crippen molar-refractivity contribution in [3.63, 3.8) is 0 Å². The lowest BCUT2D eigenvalue weighted by Crippen LogP contribution is -2.23. The number of rotatable bonds is 3. The minimum Gasteiger partial charge on any atom is -0.390 e. The largest absolute Gasteiger partial charge is 0.390 e. The molecule has 2 nitrogen and oxygen atoms in total. The van der Waals surface area contributed by atoms with Gasteiger partial charge in [0, 0.05) is 4.88 Å². The second-order valence-electron chi connectivity index (χ2n) is 3.65. The van der Waals surface area contributed by atoms with Crippen molar-refractivity contribution in [2.75, 3.05) is 0 Å². The number of hydrogen-bond donors (Lipinski definition) is 2. The second-order valence-corrected chi connectivity index (χ2v) is 4.60. The summed E-state index contributed by atoms with van der Waals surface area (Å²) in [6.45, 7) is 5.75. The van der Waals surface area contributed by atoms with Gasteiger partial charge in [-0.3, -0.25) is 0 Å². The fourth-order valence-corrected chi connectivity index (χ4v) is 2.16. The summed E-state index contributed by atoms with van der Waals surface area (Å²) in [6, 6.07) is 1.95. The molecule has 0 saturated carbocycles. The molecule has 1 aromatic heterocycles. The predicted octanol–water partition coefficient (Wildman–Crippen LogP) is 2.11. The summed E-state index contributed by atoms with van der Waals surface area (Å²) in [6.07, 6.45) is -1.41. The highest BCUT2D eigenvalue weighted by molar-refractivity contribution is 7.10. The molecule has 2 atom stereocenters. The summed E-state index contributed by atoms with van der Waals surface area (Å²) >= 11 is 1.49. The number of thiophene rings is 1. The van der Waals surface area contributed by atoms with E-state index in [9.17, 15) is 10.2 Å². The van der Waals surface area contributed by atoms with Gasteiger partial charge >= 0.3 is 0 Å². The van der Waals surface area contributed by atoms with Crippen LogP contribution in [-0.4, -0.2) is 16.3 Å². The molecule has 2 unspecified atom stereocenters. The fraction of sp³-hybridized carbons (Fsp3) is 0.600. The molecule has 0 aliphatic carbocycles. The van der Waals surface area contributed by atoms with Crippen LogP contribution in [0.5, 0.6) is 0 Å². The Morgan fingerprint density at radius 3 is 2.31 bits per heavy atom. The van der Waals surface area contributed by atoms with Gasteiger partial charge in [0.05, 0.1) is 6.10 Å². The first-order valence-electron chi connectivity index (χ1n) is 4.44. The van der Waals surface area contributed by atoms with Crippen LogP contribution in [-0.2, 0) is 0 Å². The van der Waals surface area contributed by atoms with Gasteiger partial charge in [0.1, 0.15) is 6.10 Å². The van der Waals surface area contributed by atoms with Crippen LogP contribution in [0, 0.1) is 12.8 Å². The molecule has 1 rings (SSSR count). The summed E-state index contributed by atoms with van der Waals surface area (Å²) in [5, 5.41) is 21.4. The zero-order valence-corrected chi connectivity index (χ0v) is 9.01. The lowest BCUT2D eigenvalue weighted by molar-refractivity contribution is -0.00774. The Labute approximate surface area is 82.8 Å². The van der Waals surface area contributed by atoms with Crippen LogP contribution in [0.15, 0.2) is 11.4 Å². The third kappa shape index (κ3) is 2.30. The first-order valence-corrected chi connectivity index (χ1v) is 5.32. The van der Waals surface area contributed by atoms with E-state index >= 15 is 0 Å². The lowest BCUT2D eigenvalue weighted by atomic mass is 9.99. The molecule has 0 amide bonds. The van der Waals surface area contributed by atoms with E-state index in [0.29, 0.717) is 0 Å². The van der Waals surface area contributed by atoms with E-state index in [2.05, 4.69) is 0 Å². The van der Waals surface area contributed by atoms with Crippen molar-refractivity contribution in [2.24, 2.45) is 5.92 Å². The maximum absolute atomic E-state index is 9.79. The highest BCUT2D eigenvalue weighted by atomic mass is 32.1. The van der Waals surface area contributed by atoms with Crippen LogP contribution in [0.2, 0.25) is 0 Å². The van der Waals surface area contributed by atoms with Crippen LogP contribution in [0.4, 0.5) is 0 Å². The van der Waals surface area contributed by atoms with E-state index in [1.807, 2.05) is 32.2 Å². The van der Waals surface area contributed by atoms with Crippen LogP contribution in [0.25, 0.3) is 0 Å². The highest BCUT2D eigenvalue weighted by Gasteiger charge is 2.23. The van der Waals surface area contributed by atoms with Gasteiger partial charge in [-0.15, -0.1) is 11.3 Å². The van der Waals surface area contributed by atoms with E-state index < -0.39 is 12.2 Å². The van der Waals surface area contributed by atoms with E-state index in [4.69, 9.17) is 0 Å². The zero-order valence-electron chi connectivity index (χ0n) is 8.19. The van der Waals surface area contributed by atoms with E-state index in [1.165, 1.54) is 11.3 Å². The fourth-order valence-electron chi connectivity index (χ4n) is 1.21. The summed E-state index contributed by atoms with van der Waals surface area (Å²) in [5.41, 5.74) is 1.05. The number of aliphatic hydroxyl groups excluding tert-OH is 2. The molecule has 13 heavy (non-hydrogen) atoms.